The Hall–Kier alpha value is -3.13. The van der Waals surface area contributed by atoms with Crippen molar-refractivity contribution in [1.29, 1.82) is 0 Å². The molecular formula is C26H22ClFO6. The molecule has 8 heteroatoms. The first-order valence-electron chi connectivity index (χ1n) is 10.7. The van der Waals surface area contributed by atoms with Gasteiger partial charge in [0.15, 0.2) is 11.2 Å². The van der Waals surface area contributed by atoms with Crippen molar-refractivity contribution in [1.82, 2.24) is 0 Å². The number of methoxy groups -OCH3 is 2. The van der Waals surface area contributed by atoms with Crippen molar-refractivity contribution in [2.75, 3.05) is 14.2 Å². The number of aliphatic hydroxyl groups is 2. The van der Waals surface area contributed by atoms with Gasteiger partial charge in [0.2, 0.25) is 0 Å². The van der Waals surface area contributed by atoms with Gasteiger partial charge in [-0.25, -0.2) is 4.39 Å². The molecule has 3 aromatic carbocycles. The summed E-state index contributed by atoms with van der Waals surface area (Å²) in [7, 11) is 2.55. The lowest BCUT2D eigenvalue weighted by atomic mass is 9.70. The Morgan fingerprint density at radius 3 is 2.38 bits per heavy atom. The Balaban J connectivity index is 1.90. The number of carbonyl (C=O) groups is 1. The Kier molecular flexibility index (Phi) is 5.31. The van der Waals surface area contributed by atoms with Gasteiger partial charge in [-0.2, -0.15) is 0 Å². The van der Waals surface area contributed by atoms with Gasteiger partial charge in [0, 0.05) is 23.1 Å². The highest BCUT2D eigenvalue weighted by Gasteiger charge is 2.78. The Bertz CT molecular complexity index is 1250. The molecule has 0 amide bonds. The summed E-state index contributed by atoms with van der Waals surface area (Å²) in [5, 5.41) is 24.6. The highest BCUT2D eigenvalue weighted by atomic mass is 35.5. The minimum atomic E-state index is -2.20. The topological polar surface area (TPSA) is 85.2 Å². The van der Waals surface area contributed by atoms with E-state index in [-0.39, 0.29) is 17.1 Å². The molecule has 0 spiro atoms. The molecule has 34 heavy (non-hydrogen) atoms. The molecule has 2 aliphatic rings. The van der Waals surface area contributed by atoms with E-state index in [4.69, 9.17) is 25.8 Å². The third-order valence-electron chi connectivity index (χ3n) is 6.94. The summed E-state index contributed by atoms with van der Waals surface area (Å²) < 4.78 is 31.4. The fourth-order valence-electron chi connectivity index (χ4n) is 5.63. The molecule has 1 fully saturated rings. The first-order chi connectivity index (χ1) is 16.3. The number of hydrogen-bond acceptors (Lipinski definition) is 6. The number of fused-ring (bicyclic) bond motifs is 3. The lowest BCUT2D eigenvalue weighted by Crippen LogP contribution is -2.52. The maximum atomic E-state index is 14.5. The van der Waals surface area contributed by atoms with Crippen molar-refractivity contribution in [3.63, 3.8) is 0 Å². The molecule has 2 N–H and O–H groups in total. The van der Waals surface area contributed by atoms with Gasteiger partial charge < -0.3 is 24.4 Å². The third kappa shape index (κ3) is 2.84. The zero-order valence-corrected chi connectivity index (χ0v) is 19.1. The molecule has 3 aromatic rings. The molecule has 176 valence electrons. The van der Waals surface area contributed by atoms with Crippen molar-refractivity contribution in [3.8, 4) is 11.5 Å². The number of aliphatic hydroxyl groups excluding tert-OH is 1. The number of esters is 1. The maximum absolute atomic E-state index is 14.5. The van der Waals surface area contributed by atoms with Crippen molar-refractivity contribution < 1.29 is 33.6 Å². The zero-order valence-electron chi connectivity index (χ0n) is 18.4. The fraction of sp³-hybridized carbons (Fsp3) is 0.269. The van der Waals surface area contributed by atoms with Gasteiger partial charge in [0.05, 0.1) is 25.7 Å². The normalized spacial score (nSPS) is 29.2. The summed E-state index contributed by atoms with van der Waals surface area (Å²) in [6.07, 6.45) is -1.68. The van der Waals surface area contributed by atoms with Crippen LogP contribution in [0.25, 0.3) is 0 Å². The molecule has 0 aromatic heterocycles. The van der Waals surface area contributed by atoms with Gasteiger partial charge in [-0.1, -0.05) is 54.1 Å². The largest absolute Gasteiger partial charge is 0.496 e. The number of rotatable bonds is 4. The highest BCUT2D eigenvalue weighted by molar-refractivity contribution is 6.30. The summed E-state index contributed by atoms with van der Waals surface area (Å²) in [6.45, 7) is 0. The van der Waals surface area contributed by atoms with E-state index in [1.165, 1.54) is 14.2 Å². The number of benzene rings is 3. The van der Waals surface area contributed by atoms with Crippen LogP contribution in [0.15, 0.2) is 66.7 Å². The molecule has 5 rings (SSSR count). The lowest BCUT2D eigenvalue weighted by molar-refractivity contribution is -0.161. The number of hydrogen-bond donors (Lipinski definition) is 2. The van der Waals surface area contributed by atoms with Gasteiger partial charge in [-0.3, -0.25) is 4.79 Å². The van der Waals surface area contributed by atoms with Crippen LogP contribution in [0, 0.1) is 11.7 Å². The van der Waals surface area contributed by atoms with Crippen LogP contribution in [0.3, 0.4) is 0 Å². The van der Waals surface area contributed by atoms with Crippen molar-refractivity contribution >= 4 is 17.6 Å². The summed E-state index contributed by atoms with van der Waals surface area (Å²) in [6, 6.07) is 17.7. The van der Waals surface area contributed by atoms with Crippen LogP contribution in [-0.4, -0.2) is 36.5 Å². The lowest BCUT2D eigenvalue weighted by Gasteiger charge is -2.40. The molecule has 1 aliphatic heterocycles. The van der Waals surface area contributed by atoms with Gasteiger partial charge in [0.1, 0.15) is 23.4 Å². The van der Waals surface area contributed by atoms with Gasteiger partial charge >= 0.3 is 5.97 Å². The van der Waals surface area contributed by atoms with Crippen LogP contribution >= 0.6 is 11.6 Å². The zero-order chi connectivity index (χ0) is 24.3. The van der Waals surface area contributed by atoms with Crippen LogP contribution in [0.2, 0.25) is 5.02 Å². The minimum absolute atomic E-state index is 0.00952. The molecule has 1 aliphatic carbocycles. The van der Waals surface area contributed by atoms with E-state index in [1.807, 2.05) is 6.07 Å². The number of carbonyl (C=O) groups excluding carboxylic acids is 1. The second-order valence-electron chi connectivity index (χ2n) is 8.47. The molecule has 1 heterocycles. The third-order valence-corrected chi connectivity index (χ3v) is 7.19. The second-order valence-corrected chi connectivity index (χ2v) is 8.91. The molecule has 0 saturated heterocycles. The van der Waals surface area contributed by atoms with Gasteiger partial charge in [-0.05, 0) is 23.3 Å². The van der Waals surface area contributed by atoms with Crippen LogP contribution in [0.4, 0.5) is 4.39 Å². The summed E-state index contributed by atoms with van der Waals surface area (Å²) in [5.41, 5.74) is -2.81. The summed E-state index contributed by atoms with van der Waals surface area (Å²) in [4.78, 5) is 13.1. The van der Waals surface area contributed by atoms with Crippen LogP contribution < -0.4 is 9.47 Å². The Labute approximate surface area is 200 Å². The van der Waals surface area contributed by atoms with E-state index in [2.05, 4.69) is 0 Å². The van der Waals surface area contributed by atoms with E-state index >= 15 is 0 Å². The van der Waals surface area contributed by atoms with Gasteiger partial charge in [0.25, 0.3) is 0 Å². The SMILES string of the molecule is COC(=O)[C@@H]1[C@@H](O)[C@@]2(O)c3c(OC)cc(F)cc3O[C@@]2(c2ccc(Cl)cc2)[C@H]1c1ccccc1. The van der Waals surface area contributed by atoms with Gasteiger partial charge in [-0.15, -0.1) is 0 Å². The summed E-state index contributed by atoms with van der Waals surface area (Å²) in [5.74, 6) is -3.48. The molecule has 6 nitrogen and oxygen atoms in total. The molecule has 5 atom stereocenters. The van der Waals surface area contributed by atoms with E-state index in [0.29, 0.717) is 16.1 Å². The maximum Gasteiger partial charge on any atom is 0.312 e. The van der Waals surface area contributed by atoms with E-state index in [9.17, 15) is 19.4 Å². The average Bonchev–Trinajstić information content (AvgIpc) is 3.21. The number of halogens is 2. The molecule has 0 bridgehead atoms. The molecule has 1 saturated carbocycles. The molecule has 0 radical (unpaired) electrons. The predicted octanol–water partition coefficient (Wildman–Crippen LogP) is 3.91. The minimum Gasteiger partial charge on any atom is -0.496 e. The first kappa shape index (κ1) is 22.7. The van der Waals surface area contributed by atoms with E-state index in [0.717, 1.165) is 12.1 Å². The predicted molar refractivity (Wildman–Crippen MR) is 121 cm³/mol. The fourth-order valence-corrected chi connectivity index (χ4v) is 5.76. The first-order valence-corrected chi connectivity index (χ1v) is 11.0. The van der Waals surface area contributed by atoms with Crippen LogP contribution in [0.1, 0.15) is 22.6 Å². The summed E-state index contributed by atoms with van der Waals surface area (Å²) >= 11 is 6.14. The monoisotopic (exact) mass is 484 g/mol. The Morgan fingerprint density at radius 1 is 1.09 bits per heavy atom. The number of ether oxygens (including phenoxy) is 3. The van der Waals surface area contributed by atoms with Crippen LogP contribution in [-0.2, 0) is 20.7 Å². The smallest absolute Gasteiger partial charge is 0.312 e. The highest BCUT2D eigenvalue weighted by Crippen LogP contribution is 2.70. The Morgan fingerprint density at radius 2 is 1.76 bits per heavy atom. The van der Waals surface area contributed by atoms with E-state index < -0.39 is 40.9 Å². The molecular weight excluding hydrogens is 463 g/mol. The second kappa shape index (κ2) is 7.98. The quantitative estimate of drug-likeness (QED) is 0.546. The van der Waals surface area contributed by atoms with Crippen molar-refractivity contribution in [3.05, 3.63) is 94.3 Å². The van der Waals surface area contributed by atoms with Crippen LogP contribution in [0.5, 0.6) is 11.5 Å². The van der Waals surface area contributed by atoms with Crippen molar-refractivity contribution in [2.45, 2.75) is 23.2 Å². The molecule has 0 unspecified atom stereocenters. The average molecular weight is 485 g/mol. The standard InChI is InChI=1S/C26H22ClFO6/c1-32-18-12-17(28)13-19-22(18)25(31)23(29)20(24(30)33-2)21(14-6-4-3-5-7-14)26(25,34-19)15-8-10-16(27)11-9-15/h3-13,20-21,23,29,31H,1-2H3/t20-,21-,23+,25-,26-/m0/s1. The van der Waals surface area contributed by atoms with Crippen molar-refractivity contribution in [2.24, 2.45) is 5.92 Å². The van der Waals surface area contributed by atoms with E-state index in [1.54, 1.807) is 48.5 Å².